The first kappa shape index (κ1) is 11.9. The van der Waals surface area contributed by atoms with Crippen LogP contribution in [0.5, 0.6) is 0 Å². The third-order valence-electron chi connectivity index (χ3n) is 1.99. The number of nitrogens with zero attached hydrogens (tertiary/aromatic N) is 1. The second kappa shape index (κ2) is 4.14. The zero-order chi connectivity index (χ0) is 11.6. The van der Waals surface area contributed by atoms with Crippen molar-refractivity contribution in [2.45, 2.75) is 19.4 Å². The molecule has 15 heavy (non-hydrogen) atoms. The van der Waals surface area contributed by atoms with Crippen LogP contribution in [0.2, 0.25) is 0 Å². The molecule has 0 amide bonds. The Labute approximate surface area is 88.7 Å². The predicted octanol–water partition coefficient (Wildman–Crippen LogP) is 2.14. The molecule has 0 radical (unpaired) electrons. The van der Waals surface area contributed by atoms with E-state index in [0.29, 0.717) is 12.2 Å². The van der Waals surface area contributed by atoms with Crippen LogP contribution in [-0.4, -0.2) is 19.1 Å². The minimum absolute atomic E-state index is 0.375. The van der Waals surface area contributed by atoms with Gasteiger partial charge in [-0.1, -0.05) is 0 Å². The highest BCUT2D eigenvalue weighted by Crippen LogP contribution is 2.17. The molecule has 0 bridgehead atoms. The molecule has 0 atom stereocenters. The van der Waals surface area contributed by atoms with Gasteiger partial charge in [-0.15, -0.1) is 0 Å². The molecule has 0 saturated heterocycles. The Morgan fingerprint density at radius 2 is 1.87 bits per heavy atom. The molecule has 0 unspecified atom stereocenters. The predicted molar refractivity (Wildman–Crippen MR) is 57.9 cm³/mol. The molecule has 0 aliphatic heterocycles. The lowest BCUT2D eigenvalue weighted by Crippen LogP contribution is -2.44. The van der Waals surface area contributed by atoms with E-state index < -0.39 is 11.6 Å². The van der Waals surface area contributed by atoms with Gasteiger partial charge in [0, 0.05) is 30.9 Å². The van der Waals surface area contributed by atoms with Crippen molar-refractivity contribution in [3.63, 3.8) is 0 Å². The van der Waals surface area contributed by atoms with E-state index >= 15 is 0 Å². The first-order valence-corrected chi connectivity index (χ1v) is 4.75. The zero-order valence-electron chi connectivity index (χ0n) is 9.22. The van der Waals surface area contributed by atoms with Crippen LogP contribution in [0, 0.1) is 11.6 Å². The summed E-state index contributed by atoms with van der Waals surface area (Å²) >= 11 is 0. The Bertz CT molecular complexity index is 345. The van der Waals surface area contributed by atoms with Crippen molar-refractivity contribution in [3.8, 4) is 0 Å². The number of hydrogen-bond donors (Lipinski definition) is 1. The molecule has 2 nitrogen and oxygen atoms in total. The van der Waals surface area contributed by atoms with Gasteiger partial charge in [0.1, 0.15) is 0 Å². The molecule has 0 fully saturated rings. The zero-order valence-corrected chi connectivity index (χ0v) is 9.22. The Morgan fingerprint density at radius 3 is 2.33 bits per heavy atom. The number of anilines is 1. The average molecular weight is 214 g/mol. The molecule has 1 aromatic rings. The van der Waals surface area contributed by atoms with Crippen LogP contribution < -0.4 is 10.6 Å². The smallest absolute Gasteiger partial charge is 0.160 e. The summed E-state index contributed by atoms with van der Waals surface area (Å²) in [5.74, 6) is -1.67. The van der Waals surface area contributed by atoms with Crippen LogP contribution >= 0.6 is 0 Å². The molecule has 1 aromatic carbocycles. The third kappa shape index (κ3) is 3.47. The van der Waals surface area contributed by atoms with Gasteiger partial charge in [0.25, 0.3) is 0 Å². The van der Waals surface area contributed by atoms with Crippen LogP contribution in [0.25, 0.3) is 0 Å². The maximum Gasteiger partial charge on any atom is 0.160 e. The van der Waals surface area contributed by atoms with Gasteiger partial charge >= 0.3 is 0 Å². The maximum absolute atomic E-state index is 12.9. The Kier molecular flexibility index (Phi) is 3.29. The quantitative estimate of drug-likeness (QED) is 0.835. The van der Waals surface area contributed by atoms with Crippen LogP contribution in [0.1, 0.15) is 13.8 Å². The minimum atomic E-state index is -0.839. The second-order valence-corrected chi connectivity index (χ2v) is 4.44. The van der Waals surface area contributed by atoms with Crippen molar-refractivity contribution in [3.05, 3.63) is 29.8 Å². The molecule has 0 saturated carbocycles. The standard InChI is InChI=1S/C11H16F2N2/c1-11(2,14)7-15(3)8-4-5-9(12)10(13)6-8/h4-6H,7,14H2,1-3H3. The normalized spacial score (nSPS) is 11.6. The molecular formula is C11H16F2N2. The van der Waals surface area contributed by atoms with E-state index in [-0.39, 0.29) is 5.54 Å². The lowest BCUT2D eigenvalue weighted by molar-refractivity contribution is 0.503. The summed E-state index contributed by atoms with van der Waals surface area (Å²) < 4.78 is 25.6. The van der Waals surface area contributed by atoms with Crippen molar-refractivity contribution in [2.75, 3.05) is 18.5 Å². The molecule has 0 heterocycles. The highest BCUT2D eigenvalue weighted by molar-refractivity contribution is 5.46. The summed E-state index contributed by atoms with van der Waals surface area (Å²) in [6.07, 6.45) is 0. The lowest BCUT2D eigenvalue weighted by Gasteiger charge is -2.28. The van der Waals surface area contributed by atoms with Gasteiger partial charge in [-0.2, -0.15) is 0 Å². The summed E-state index contributed by atoms with van der Waals surface area (Å²) in [5.41, 5.74) is 6.07. The lowest BCUT2D eigenvalue weighted by atomic mass is 10.1. The minimum Gasteiger partial charge on any atom is -0.373 e. The summed E-state index contributed by atoms with van der Waals surface area (Å²) in [6.45, 7) is 4.32. The van der Waals surface area contributed by atoms with Crippen molar-refractivity contribution in [1.29, 1.82) is 0 Å². The Balaban J connectivity index is 2.83. The molecule has 2 N–H and O–H groups in total. The van der Waals surface area contributed by atoms with Crippen LogP contribution in [0.15, 0.2) is 18.2 Å². The molecule has 1 rings (SSSR count). The molecule has 0 aliphatic rings. The first-order chi connectivity index (χ1) is 6.79. The highest BCUT2D eigenvalue weighted by Gasteiger charge is 2.15. The number of nitrogens with two attached hydrogens (primary N) is 1. The molecule has 84 valence electrons. The fraction of sp³-hybridized carbons (Fsp3) is 0.455. The van der Waals surface area contributed by atoms with Gasteiger partial charge in [-0.25, -0.2) is 8.78 Å². The molecule has 0 aromatic heterocycles. The highest BCUT2D eigenvalue weighted by atomic mass is 19.2. The van der Waals surface area contributed by atoms with E-state index in [1.165, 1.54) is 12.1 Å². The van der Waals surface area contributed by atoms with Gasteiger partial charge in [0.05, 0.1) is 0 Å². The first-order valence-electron chi connectivity index (χ1n) is 4.75. The number of rotatable bonds is 3. The van der Waals surface area contributed by atoms with E-state index in [9.17, 15) is 8.78 Å². The number of benzene rings is 1. The van der Waals surface area contributed by atoms with Gasteiger partial charge in [0.2, 0.25) is 0 Å². The third-order valence-corrected chi connectivity index (χ3v) is 1.99. The molecule has 0 aliphatic carbocycles. The molecule has 0 spiro atoms. The van der Waals surface area contributed by atoms with Crippen molar-refractivity contribution in [1.82, 2.24) is 0 Å². The van der Waals surface area contributed by atoms with E-state index in [2.05, 4.69) is 0 Å². The van der Waals surface area contributed by atoms with Crippen molar-refractivity contribution < 1.29 is 8.78 Å². The topological polar surface area (TPSA) is 29.3 Å². The van der Waals surface area contributed by atoms with Crippen LogP contribution in [0.4, 0.5) is 14.5 Å². The van der Waals surface area contributed by atoms with E-state index in [1.54, 1.807) is 11.9 Å². The molecular weight excluding hydrogens is 198 g/mol. The summed E-state index contributed by atoms with van der Waals surface area (Å²) in [6, 6.07) is 3.82. The van der Waals surface area contributed by atoms with Crippen molar-refractivity contribution >= 4 is 5.69 Å². The summed E-state index contributed by atoms with van der Waals surface area (Å²) in [5, 5.41) is 0. The number of likely N-dealkylation sites (N-methyl/N-ethyl adjacent to an activating group) is 1. The fourth-order valence-electron chi connectivity index (χ4n) is 1.43. The maximum atomic E-state index is 12.9. The van der Waals surface area contributed by atoms with E-state index in [0.717, 1.165) is 6.07 Å². The monoisotopic (exact) mass is 214 g/mol. The fourth-order valence-corrected chi connectivity index (χ4v) is 1.43. The van der Waals surface area contributed by atoms with Crippen LogP contribution in [-0.2, 0) is 0 Å². The average Bonchev–Trinajstić information content (AvgIpc) is 2.06. The largest absolute Gasteiger partial charge is 0.373 e. The second-order valence-electron chi connectivity index (χ2n) is 4.44. The van der Waals surface area contributed by atoms with Gasteiger partial charge < -0.3 is 10.6 Å². The van der Waals surface area contributed by atoms with E-state index in [1.807, 2.05) is 13.8 Å². The Morgan fingerprint density at radius 1 is 1.27 bits per heavy atom. The summed E-state index contributed by atoms with van der Waals surface area (Å²) in [4.78, 5) is 1.79. The summed E-state index contributed by atoms with van der Waals surface area (Å²) in [7, 11) is 1.79. The number of halogens is 2. The van der Waals surface area contributed by atoms with Crippen LogP contribution in [0.3, 0.4) is 0 Å². The van der Waals surface area contributed by atoms with Gasteiger partial charge in [-0.05, 0) is 26.0 Å². The Hall–Kier alpha value is -1.16. The molecule has 4 heteroatoms. The van der Waals surface area contributed by atoms with Crippen molar-refractivity contribution in [2.24, 2.45) is 5.73 Å². The van der Waals surface area contributed by atoms with Gasteiger partial charge in [0.15, 0.2) is 11.6 Å². The number of hydrogen-bond acceptors (Lipinski definition) is 2. The van der Waals surface area contributed by atoms with Gasteiger partial charge in [-0.3, -0.25) is 0 Å². The SMILES string of the molecule is CN(CC(C)(C)N)c1ccc(F)c(F)c1. The van der Waals surface area contributed by atoms with E-state index in [4.69, 9.17) is 5.73 Å².